The van der Waals surface area contributed by atoms with Gasteiger partial charge in [0.1, 0.15) is 5.82 Å². The first-order valence-electron chi connectivity index (χ1n) is 18.0. The third-order valence-corrected chi connectivity index (χ3v) is 13.9. The van der Waals surface area contributed by atoms with E-state index in [2.05, 4.69) is 82.6 Å². The van der Waals surface area contributed by atoms with Crippen LogP contribution in [0.4, 0.5) is 0 Å². The Morgan fingerprint density at radius 3 is 2.39 bits per heavy atom. The van der Waals surface area contributed by atoms with Crippen LogP contribution >= 0.6 is 0 Å². The van der Waals surface area contributed by atoms with Gasteiger partial charge in [-0.1, -0.05) is 67.4 Å². The molecule has 2 saturated heterocycles. The molecule has 2 saturated carbocycles. The standard InChI is InChI=1S/C40H47N5O3S/c1-26(2)37(46)42-49(48)32-16-14-29(15-17-32)38(47)43-21-18-39(19-22-43,30-10-6-5-7-11-30)20-23-44-35-24-31(25-40(35)27(3)36(40)44)45-28(4)41-33-12-8-9-13-34(33)45/h5-17,26-27,31,35-36H,18-25H2,1-4H3,(H,42,46,48)/p+1/t27-,31?,35?,36?,40?,49?/m0/s1. The summed E-state index contributed by atoms with van der Waals surface area (Å²) < 4.78 is 17.7. The molecule has 4 aromatic rings. The predicted molar refractivity (Wildman–Crippen MR) is 194 cm³/mol. The van der Waals surface area contributed by atoms with E-state index < -0.39 is 11.0 Å². The van der Waals surface area contributed by atoms with Crippen LogP contribution in [0, 0.1) is 24.2 Å². The summed E-state index contributed by atoms with van der Waals surface area (Å²) in [5.74, 6) is 1.38. The molecule has 0 radical (unpaired) electrons. The Hall–Kier alpha value is -3.82. The number of carbonyl (C=O) groups is 2. The first-order valence-corrected chi connectivity index (χ1v) is 19.3. The molecule has 4 aliphatic rings. The third-order valence-electron chi connectivity index (χ3n) is 12.7. The Balaban J connectivity index is 0.943. The molecule has 6 atom stereocenters. The smallest absolute Gasteiger partial charge is 0.263 e. The second-order valence-corrected chi connectivity index (χ2v) is 16.7. The number of hydrogen-bond acceptors (Lipinski definition) is 5. The fourth-order valence-corrected chi connectivity index (χ4v) is 11.0. The first kappa shape index (κ1) is 32.4. The number of carbonyl (C=O) groups excluding carboxylic acids is 2. The lowest BCUT2D eigenvalue weighted by Gasteiger charge is -2.48. The fraction of sp³-hybridized carbons (Fsp3) is 0.475. The van der Waals surface area contributed by atoms with E-state index in [9.17, 15) is 13.8 Å². The third kappa shape index (κ3) is 5.27. The van der Waals surface area contributed by atoms with E-state index in [1.165, 1.54) is 23.9 Å². The molecule has 256 valence electrons. The first-order chi connectivity index (χ1) is 23.6. The van der Waals surface area contributed by atoms with Crippen molar-refractivity contribution in [2.24, 2.45) is 17.3 Å². The van der Waals surface area contributed by atoms with Gasteiger partial charge < -0.3 is 9.47 Å². The molecule has 3 heterocycles. The van der Waals surface area contributed by atoms with Gasteiger partial charge in [-0.3, -0.25) is 14.5 Å². The molecule has 2 aliphatic heterocycles. The van der Waals surface area contributed by atoms with Crippen LogP contribution in [0.5, 0.6) is 0 Å². The summed E-state index contributed by atoms with van der Waals surface area (Å²) in [6, 6.07) is 28.2. The number of hydrogen-bond donors (Lipinski definition) is 1. The number of para-hydroxylation sites is 2. The number of piperidine rings is 1. The number of likely N-dealkylation sites (tertiary alicyclic amines) is 2. The van der Waals surface area contributed by atoms with Crippen molar-refractivity contribution >= 4 is 33.8 Å². The molecule has 8 rings (SSSR count). The lowest BCUT2D eigenvalue weighted by molar-refractivity contribution is -0.122. The largest absolute Gasteiger partial charge is 0.339 e. The van der Waals surface area contributed by atoms with Crippen molar-refractivity contribution in [1.82, 2.24) is 24.1 Å². The average molecular weight is 679 g/mol. The van der Waals surface area contributed by atoms with E-state index in [1.807, 2.05) is 4.90 Å². The van der Waals surface area contributed by atoms with E-state index in [0.29, 0.717) is 47.1 Å². The molecule has 1 aromatic heterocycles. The van der Waals surface area contributed by atoms with Crippen LogP contribution in [-0.4, -0.2) is 62.9 Å². The average Bonchev–Trinajstić information content (AvgIpc) is 3.32. The minimum absolute atomic E-state index is 0.00769. The zero-order valence-electron chi connectivity index (χ0n) is 29.0. The van der Waals surface area contributed by atoms with Gasteiger partial charge in [0.2, 0.25) is 0 Å². The molecule has 49 heavy (non-hydrogen) atoms. The SMILES string of the molecule is Cc1nc2ccccc2n1C1CC2N(CCC3(c4ccccc4)CCN(C(=O)c4ccc([SH+](=O)NC(=O)C(C)C)cc4)CC3)C3[C@H](C)C23C1. The number of aryl methyl sites for hydroxylation is 1. The van der Waals surface area contributed by atoms with Crippen molar-refractivity contribution in [3.05, 3.63) is 95.8 Å². The van der Waals surface area contributed by atoms with Crippen molar-refractivity contribution in [3.63, 3.8) is 0 Å². The second-order valence-electron chi connectivity index (χ2n) is 15.4. The van der Waals surface area contributed by atoms with Gasteiger partial charge in [-0.15, -0.1) is 0 Å². The summed E-state index contributed by atoms with van der Waals surface area (Å²) in [6.07, 6.45) is 5.41. The summed E-state index contributed by atoms with van der Waals surface area (Å²) in [6.45, 7) is 10.7. The van der Waals surface area contributed by atoms with Crippen LogP contribution in [0.15, 0.2) is 83.8 Å². The van der Waals surface area contributed by atoms with Gasteiger partial charge in [0.05, 0.1) is 11.0 Å². The van der Waals surface area contributed by atoms with Gasteiger partial charge in [-0.2, -0.15) is 4.72 Å². The van der Waals surface area contributed by atoms with E-state index in [4.69, 9.17) is 4.98 Å². The number of aromatic nitrogens is 2. The van der Waals surface area contributed by atoms with E-state index >= 15 is 0 Å². The highest BCUT2D eigenvalue weighted by Crippen LogP contribution is 2.76. The Kier molecular flexibility index (Phi) is 8.06. The quantitative estimate of drug-likeness (QED) is 0.164. The summed E-state index contributed by atoms with van der Waals surface area (Å²) in [4.78, 5) is 35.9. The highest BCUT2D eigenvalue weighted by molar-refractivity contribution is 7.83. The van der Waals surface area contributed by atoms with Crippen LogP contribution in [0.2, 0.25) is 0 Å². The van der Waals surface area contributed by atoms with Crippen LogP contribution in [0.3, 0.4) is 0 Å². The monoisotopic (exact) mass is 678 g/mol. The molecule has 4 fully saturated rings. The van der Waals surface area contributed by atoms with E-state index in [1.54, 1.807) is 38.1 Å². The van der Waals surface area contributed by atoms with Gasteiger partial charge in [-0.05, 0) is 98.9 Å². The molecular weight excluding hydrogens is 631 g/mol. The highest BCUT2D eigenvalue weighted by atomic mass is 32.2. The molecule has 9 heteroatoms. The Labute approximate surface area is 291 Å². The summed E-state index contributed by atoms with van der Waals surface area (Å²) in [7, 11) is -2.05. The number of nitrogens with zero attached hydrogens (tertiary/aromatic N) is 4. The molecule has 2 amide bonds. The van der Waals surface area contributed by atoms with E-state index in [-0.39, 0.29) is 23.1 Å². The maximum atomic E-state index is 13.6. The number of amides is 2. The minimum atomic E-state index is -2.05. The number of thiol groups is 1. The Bertz CT molecular complexity index is 1920. The van der Waals surface area contributed by atoms with Crippen molar-refractivity contribution in [2.45, 2.75) is 88.2 Å². The topological polar surface area (TPSA) is 87.5 Å². The molecule has 1 spiro atoms. The molecule has 8 nitrogen and oxygen atoms in total. The lowest BCUT2D eigenvalue weighted by Crippen LogP contribution is -2.55. The van der Waals surface area contributed by atoms with E-state index in [0.717, 1.165) is 43.1 Å². The maximum Gasteiger partial charge on any atom is 0.263 e. The van der Waals surface area contributed by atoms with Gasteiger partial charge in [0.25, 0.3) is 11.8 Å². The van der Waals surface area contributed by atoms with Gasteiger partial charge >= 0.3 is 0 Å². The minimum Gasteiger partial charge on any atom is -0.339 e. The highest BCUT2D eigenvalue weighted by Gasteiger charge is 2.80. The number of nitrogens with one attached hydrogen (secondary N) is 1. The number of fused-ring (bicyclic) bond motifs is 1. The van der Waals surface area contributed by atoms with Crippen LogP contribution in [0.1, 0.15) is 80.7 Å². The normalized spacial score (nSPS) is 27.7. The fourth-order valence-electron chi connectivity index (χ4n) is 9.98. The van der Waals surface area contributed by atoms with Gasteiger partial charge in [0, 0.05) is 48.1 Å². The number of imidazole rings is 1. The molecule has 0 bridgehead atoms. The lowest BCUT2D eigenvalue weighted by atomic mass is 9.70. The van der Waals surface area contributed by atoms with Crippen LogP contribution in [0.25, 0.3) is 11.0 Å². The van der Waals surface area contributed by atoms with Gasteiger partial charge in [-0.25, -0.2) is 4.98 Å². The summed E-state index contributed by atoms with van der Waals surface area (Å²) >= 11 is 0. The second kappa shape index (κ2) is 12.2. The van der Waals surface area contributed by atoms with Gasteiger partial charge in [0.15, 0.2) is 15.9 Å². The number of benzene rings is 3. The van der Waals surface area contributed by atoms with Crippen LogP contribution < -0.4 is 4.72 Å². The van der Waals surface area contributed by atoms with Crippen molar-refractivity contribution in [3.8, 4) is 0 Å². The molecule has 3 aromatic carbocycles. The zero-order chi connectivity index (χ0) is 34.1. The maximum absolute atomic E-state index is 13.6. The zero-order valence-corrected chi connectivity index (χ0v) is 29.9. The van der Waals surface area contributed by atoms with Crippen molar-refractivity contribution in [2.75, 3.05) is 19.6 Å². The molecule has 5 unspecified atom stereocenters. The molecule has 1 N–H and O–H groups in total. The molecular formula is C40H48N5O3S+. The number of rotatable bonds is 9. The summed E-state index contributed by atoms with van der Waals surface area (Å²) in [5, 5.41) is 0. The van der Waals surface area contributed by atoms with Crippen molar-refractivity contribution in [1.29, 1.82) is 0 Å². The Morgan fingerprint density at radius 2 is 1.67 bits per heavy atom. The molecule has 2 aliphatic carbocycles. The summed E-state index contributed by atoms with van der Waals surface area (Å²) in [5.41, 5.74) is 4.83. The van der Waals surface area contributed by atoms with Crippen LogP contribution in [-0.2, 0) is 25.4 Å². The predicted octanol–water partition coefficient (Wildman–Crippen LogP) is 6.38. The Morgan fingerprint density at radius 1 is 0.980 bits per heavy atom. The van der Waals surface area contributed by atoms with Crippen molar-refractivity contribution < 1.29 is 13.8 Å².